The maximum absolute atomic E-state index is 12.9. The summed E-state index contributed by atoms with van der Waals surface area (Å²) in [5.41, 5.74) is 3.14. The molecule has 0 saturated carbocycles. The van der Waals surface area contributed by atoms with Crippen LogP contribution >= 0.6 is 0 Å². The van der Waals surface area contributed by atoms with Crippen molar-refractivity contribution in [1.82, 2.24) is 9.62 Å². The number of para-hydroxylation sites is 1. The van der Waals surface area contributed by atoms with Crippen molar-refractivity contribution in [3.05, 3.63) is 59.7 Å². The topological polar surface area (TPSA) is 69.7 Å². The second-order valence-electron chi connectivity index (χ2n) is 7.71. The van der Waals surface area contributed by atoms with Gasteiger partial charge < -0.3 is 10.2 Å². The Hall–Kier alpha value is -2.22. The molecule has 162 valence electrons. The normalized spacial score (nSPS) is 17.2. The molecule has 0 saturated heterocycles. The Morgan fingerprint density at radius 1 is 1.13 bits per heavy atom. The third kappa shape index (κ3) is 4.43. The van der Waals surface area contributed by atoms with Crippen LogP contribution in [0.25, 0.3) is 0 Å². The fourth-order valence-electron chi connectivity index (χ4n) is 4.03. The number of carbonyl (C=O) groups is 1. The molecule has 2 aromatic rings. The van der Waals surface area contributed by atoms with Gasteiger partial charge >= 0.3 is 0 Å². The highest BCUT2D eigenvalue weighted by Crippen LogP contribution is 2.31. The minimum absolute atomic E-state index is 0.0417. The van der Waals surface area contributed by atoms with Crippen LogP contribution in [0.3, 0.4) is 0 Å². The first-order valence-corrected chi connectivity index (χ1v) is 12.0. The summed E-state index contributed by atoms with van der Waals surface area (Å²) < 4.78 is 26.7. The molecule has 0 unspecified atom stereocenters. The van der Waals surface area contributed by atoms with E-state index in [0.717, 1.165) is 17.7 Å². The maximum atomic E-state index is 12.9. The maximum Gasteiger partial charge on any atom is 0.243 e. The molecular weight excluding hydrogens is 398 g/mol. The fourth-order valence-corrected chi connectivity index (χ4v) is 5.49. The van der Waals surface area contributed by atoms with Gasteiger partial charge in [0, 0.05) is 30.9 Å². The number of nitrogens with one attached hydrogen (secondary N) is 1. The van der Waals surface area contributed by atoms with Gasteiger partial charge in [0.15, 0.2) is 0 Å². The number of carbonyl (C=O) groups excluding carboxylic acids is 1. The quantitative estimate of drug-likeness (QED) is 0.699. The van der Waals surface area contributed by atoms with Crippen molar-refractivity contribution in [2.24, 2.45) is 0 Å². The first-order chi connectivity index (χ1) is 14.3. The lowest BCUT2D eigenvalue weighted by molar-refractivity contribution is -0.118. The van der Waals surface area contributed by atoms with Crippen LogP contribution < -0.4 is 10.2 Å². The second-order valence-corrected chi connectivity index (χ2v) is 9.64. The zero-order valence-electron chi connectivity index (χ0n) is 18.1. The lowest BCUT2D eigenvalue weighted by atomic mass is 10.1. The van der Waals surface area contributed by atoms with Gasteiger partial charge in [0.2, 0.25) is 15.9 Å². The molecule has 1 N–H and O–H groups in total. The Balaban J connectivity index is 1.64. The van der Waals surface area contributed by atoms with E-state index in [1.807, 2.05) is 56.0 Å². The van der Waals surface area contributed by atoms with Crippen LogP contribution in [0.2, 0.25) is 0 Å². The van der Waals surface area contributed by atoms with Crippen molar-refractivity contribution in [3.63, 3.8) is 0 Å². The monoisotopic (exact) mass is 429 g/mol. The molecule has 3 rings (SSSR count). The number of nitrogens with zero attached hydrogens (tertiary/aromatic N) is 2. The molecule has 0 bridgehead atoms. The average molecular weight is 430 g/mol. The molecule has 30 heavy (non-hydrogen) atoms. The number of sulfonamides is 1. The van der Waals surface area contributed by atoms with Crippen LogP contribution in [0.15, 0.2) is 53.4 Å². The summed E-state index contributed by atoms with van der Waals surface area (Å²) in [6.07, 6.45) is 0.875. The Morgan fingerprint density at radius 2 is 1.77 bits per heavy atom. The summed E-state index contributed by atoms with van der Waals surface area (Å²) in [4.78, 5) is 15.0. The van der Waals surface area contributed by atoms with Gasteiger partial charge in [0.05, 0.1) is 11.4 Å². The molecule has 0 spiro atoms. The lowest BCUT2D eigenvalue weighted by Crippen LogP contribution is -2.42. The van der Waals surface area contributed by atoms with Crippen molar-refractivity contribution < 1.29 is 13.2 Å². The number of hydrogen-bond acceptors (Lipinski definition) is 4. The van der Waals surface area contributed by atoms with Crippen LogP contribution in [0, 0.1) is 0 Å². The first-order valence-electron chi connectivity index (χ1n) is 10.5. The van der Waals surface area contributed by atoms with Crippen molar-refractivity contribution in [2.75, 3.05) is 24.5 Å². The molecule has 2 aromatic carbocycles. The molecule has 2 atom stereocenters. The molecule has 0 aromatic heterocycles. The summed E-state index contributed by atoms with van der Waals surface area (Å²) in [6.45, 7) is 8.81. The third-order valence-electron chi connectivity index (χ3n) is 5.76. The van der Waals surface area contributed by atoms with E-state index in [9.17, 15) is 13.2 Å². The molecule has 1 heterocycles. The van der Waals surface area contributed by atoms with Crippen LogP contribution in [-0.4, -0.2) is 44.3 Å². The Bertz CT molecular complexity index is 985. The molecule has 1 aliphatic heterocycles. The summed E-state index contributed by atoms with van der Waals surface area (Å²) in [5.74, 6) is 0.0417. The Kier molecular flexibility index (Phi) is 6.95. The molecule has 7 heteroatoms. The molecule has 0 fully saturated rings. The van der Waals surface area contributed by atoms with Crippen LogP contribution in [0.4, 0.5) is 5.69 Å². The van der Waals surface area contributed by atoms with Gasteiger partial charge in [0.25, 0.3) is 0 Å². The molecule has 1 aliphatic rings. The Morgan fingerprint density at radius 3 is 2.40 bits per heavy atom. The summed E-state index contributed by atoms with van der Waals surface area (Å²) in [6, 6.07) is 15.0. The van der Waals surface area contributed by atoms with Gasteiger partial charge in [0.1, 0.15) is 0 Å². The number of fused-ring (bicyclic) bond motifs is 1. The largest absolute Gasteiger partial charge is 0.308 e. The fraction of sp³-hybridized carbons (Fsp3) is 0.435. The van der Waals surface area contributed by atoms with Gasteiger partial charge in [-0.3, -0.25) is 4.79 Å². The van der Waals surface area contributed by atoms with Crippen LogP contribution in [0.5, 0.6) is 0 Å². The average Bonchev–Trinajstić information content (AvgIpc) is 3.08. The Labute approximate surface area is 179 Å². The molecule has 1 amide bonds. The lowest BCUT2D eigenvalue weighted by Gasteiger charge is -2.24. The zero-order chi connectivity index (χ0) is 21.9. The molecular formula is C23H31N3O3S. The standard InChI is InChI=1S/C23H31N3O3S/c1-5-25(6-2)30(28,29)21-13-11-19(12-14-21)18(4)24-16-23(27)26-17(3)15-20-9-7-8-10-22(20)26/h7-14,17-18,24H,5-6,15-16H2,1-4H3/t17-,18+/m0/s1. The number of anilines is 1. The van der Waals surface area contributed by atoms with Crippen molar-refractivity contribution in [1.29, 1.82) is 0 Å². The van der Waals surface area contributed by atoms with E-state index >= 15 is 0 Å². The highest BCUT2D eigenvalue weighted by molar-refractivity contribution is 7.89. The predicted molar refractivity (Wildman–Crippen MR) is 120 cm³/mol. The van der Waals surface area contributed by atoms with Crippen molar-refractivity contribution >= 4 is 21.6 Å². The number of benzene rings is 2. The highest BCUT2D eigenvalue weighted by atomic mass is 32.2. The second kappa shape index (κ2) is 9.29. The van der Waals surface area contributed by atoms with E-state index in [-0.39, 0.29) is 24.5 Å². The van der Waals surface area contributed by atoms with Crippen molar-refractivity contribution in [2.45, 2.75) is 51.1 Å². The zero-order valence-corrected chi connectivity index (χ0v) is 18.9. The van der Waals surface area contributed by atoms with E-state index in [1.165, 1.54) is 9.87 Å². The van der Waals surface area contributed by atoms with Crippen molar-refractivity contribution in [3.8, 4) is 0 Å². The minimum Gasteiger partial charge on any atom is -0.308 e. The molecule has 0 aliphatic carbocycles. The van der Waals surface area contributed by atoms with E-state index in [4.69, 9.17) is 0 Å². The highest BCUT2D eigenvalue weighted by Gasteiger charge is 2.30. The smallest absolute Gasteiger partial charge is 0.243 e. The van der Waals surface area contributed by atoms with E-state index in [1.54, 1.807) is 12.1 Å². The van der Waals surface area contributed by atoms with Gasteiger partial charge in [-0.15, -0.1) is 0 Å². The van der Waals surface area contributed by atoms with E-state index < -0.39 is 10.0 Å². The molecule has 6 nitrogen and oxygen atoms in total. The van der Waals surface area contributed by atoms with Crippen LogP contribution in [0.1, 0.15) is 44.9 Å². The van der Waals surface area contributed by atoms with E-state index in [2.05, 4.69) is 18.3 Å². The third-order valence-corrected chi connectivity index (χ3v) is 7.82. The predicted octanol–water partition coefficient (Wildman–Crippen LogP) is 3.35. The molecule has 0 radical (unpaired) electrons. The minimum atomic E-state index is -3.46. The van der Waals surface area contributed by atoms with Gasteiger partial charge in [-0.1, -0.05) is 44.2 Å². The van der Waals surface area contributed by atoms with Gasteiger partial charge in [-0.2, -0.15) is 4.31 Å². The SMILES string of the molecule is CCN(CC)S(=O)(=O)c1ccc([C@@H](C)NCC(=O)N2c3ccccc3C[C@@H]2C)cc1. The summed E-state index contributed by atoms with van der Waals surface area (Å²) in [7, 11) is -3.46. The van der Waals surface area contributed by atoms with Gasteiger partial charge in [-0.25, -0.2) is 8.42 Å². The number of hydrogen-bond donors (Lipinski definition) is 1. The summed E-state index contributed by atoms with van der Waals surface area (Å²) >= 11 is 0. The van der Waals surface area contributed by atoms with Gasteiger partial charge in [-0.05, 0) is 49.6 Å². The van der Waals surface area contributed by atoms with E-state index in [0.29, 0.717) is 18.0 Å². The number of rotatable bonds is 8. The first kappa shape index (κ1) is 22.5. The summed E-state index contributed by atoms with van der Waals surface area (Å²) in [5, 5.41) is 3.28. The number of amides is 1. The van der Waals surface area contributed by atoms with Crippen LogP contribution in [-0.2, 0) is 21.2 Å².